The number of methoxy groups -OCH3 is 1. The van der Waals surface area contributed by atoms with Crippen LogP contribution in [-0.4, -0.2) is 37.6 Å². The molecule has 0 bridgehead atoms. The van der Waals surface area contributed by atoms with Crippen LogP contribution in [-0.2, 0) is 6.42 Å². The molecule has 5 nitrogen and oxygen atoms in total. The zero-order valence-electron chi connectivity index (χ0n) is 14.7. The van der Waals surface area contributed by atoms with E-state index in [-0.39, 0.29) is 5.91 Å². The Balaban J connectivity index is 1.58. The quantitative estimate of drug-likeness (QED) is 0.879. The second kappa shape index (κ2) is 8.51. The molecule has 132 valence electrons. The number of hydrogen-bond donors (Lipinski definition) is 1. The van der Waals surface area contributed by atoms with Gasteiger partial charge in [-0.2, -0.15) is 0 Å². The van der Waals surface area contributed by atoms with Gasteiger partial charge in [0.15, 0.2) is 0 Å². The van der Waals surface area contributed by atoms with E-state index in [0.717, 1.165) is 36.5 Å². The molecule has 1 saturated heterocycles. The SMILES string of the molecule is COc1ccccc1CCNC(=O)c1cc(N2CCCCC2)ccn1. The Morgan fingerprint density at radius 2 is 2.00 bits per heavy atom. The van der Waals surface area contributed by atoms with Gasteiger partial charge in [-0.25, -0.2) is 0 Å². The highest BCUT2D eigenvalue weighted by Gasteiger charge is 2.14. The van der Waals surface area contributed by atoms with Crippen molar-refractivity contribution in [3.63, 3.8) is 0 Å². The first-order valence-electron chi connectivity index (χ1n) is 8.89. The molecular formula is C20H25N3O2. The maximum Gasteiger partial charge on any atom is 0.269 e. The van der Waals surface area contributed by atoms with Gasteiger partial charge in [0, 0.05) is 31.5 Å². The Kier molecular flexibility index (Phi) is 5.88. The van der Waals surface area contributed by atoms with Gasteiger partial charge < -0.3 is 15.0 Å². The third-order valence-corrected chi connectivity index (χ3v) is 4.57. The van der Waals surface area contributed by atoms with Crippen LogP contribution in [0.2, 0.25) is 0 Å². The molecule has 25 heavy (non-hydrogen) atoms. The zero-order valence-corrected chi connectivity index (χ0v) is 14.7. The molecule has 0 spiro atoms. The fraction of sp³-hybridized carbons (Fsp3) is 0.400. The number of hydrogen-bond acceptors (Lipinski definition) is 4. The molecule has 5 heteroatoms. The molecule has 1 aromatic heterocycles. The minimum Gasteiger partial charge on any atom is -0.496 e. The number of nitrogens with zero attached hydrogens (tertiary/aromatic N) is 2. The first-order chi connectivity index (χ1) is 12.3. The summed E-state index contributed by atoms with van der Waals surface area (Å²) in [6, 6.07) is 11.7. The topological polar surface area (TPSA) is 54.5 Å². The summed E-state index contributed by atoms with van der Waals surface area (Å²) in [4.78, 5) is 19.0. The van der Waals surface area contributed by atoms with E-state index < -0.39 is 0 Å². The van der Waals surface area contributed by atoms with E-state index in [4.69, 9.17) is 4.74 Å². The Labute approximate surface area is 149 Å². The number of amides is 1. The molecule has 2 aromatic rings. The summed E-state index contributed by atoms with van der Waals surface area (Å²) in [5.74, 6) is 0.718. The van der Waals surface area contributed by atoms with Gasteiger partial charge >= 0.3 is 0 Å². The highest BCUT2D eigenvalue weighted by Crippen LogP contribution is 2.20. The van der Waals surface area contributed by atoms with Gasteiger partial charge in [-0.15, -0.1) is 0 Å². The van der Waals surface area contributed by atoms with Crippen molar-refractivity contribution < 1.29 is 9.53 Å². The molecule has 1 aliphatic rings. The van der Waals surface area contributed by atoms with Crippen molar-refractivity contribution >= 4 is 11.6 Å². The summed E-state index contributed by atoms with van der Waals surface area (Å²) >= 11 is 0. The minimum absolute atomic E-state index is 0.131. The number of anilines is 1. The number of carbonyl (C=O) groups is 1. The Morgan fingerprint density at radius 1 is 1.20 bits per heavy atom. The first kappa shape index (κ1) is 17.3. The fourth-order valence-electron chi connectivity index (χ4n) is 3.20. The minimum atomic E-state index is -0.131. The number of rotatable bonds is 6. The molecule has 0 atom stereocenters. The lowest BCUT2D eigenvalue weighted by Gasteiger charge is -2.28. The number of para-hydroxylation sites is 1. The van der Waals surface area contributed by atoms with Gasteiger partial charge in [-0.3, -0.25) is 9.78 Å². The first-order valence-corrected chi connectivity index (χ1v) is 8.89. The number of aromatic nitrogens is 1. The molecule has 0 radical (unpaired) electrons. The van der Waals surface area contributed by atoms with Crippen molar-refractivity contribution in [3.05, 3.63) is 53.9 Å². The molecule has 1 aliphatic heterocycles. The second-order valence-corrected chi connectivity index (χ2v) is 6.26. The molecule has 0 unspecified atom stereocenters. The lowest BCUT2D eigenvalue weighted by molar-refractivity contribution is 0.0949. The van der Waals surface area contributed by atoms with Crippen LogP contribution in [0.3, 0.4) is 0 Å². The third kappa shape index (κ3) is 4.50. The van der Waals surface area contributed by atoms with E-state index in [1.165, 1.54) is 19.3 Å². The fourth-order valence-corrected chi connectivity index (χ4v) is 3.20. The van der Waals surface area contributed by atoms with Crippen molar-refractivity contribution in [2.24, 2.45) is 0 Å². The molecule has 1 fully saturated rings. The maximum atomic E-state index is 12.4. The van der Waals surface area contributed by atoms with E-state index in [0.29, 0.717) is 12.2 Å². The second-order valence-electron chi connectivity index (χ2n) is 6.26. The molecule has 1 amide bonds. The van der Waals surface area contributed by atoms with Gasteiger partial charge in [0.05, 0.1) is 7.11 Å². The standard InChI is InChI=1S/C20H25N3O2/c1-25-19-8-4-3-7-16(19)9-11-22-20(24)18-15-17(10-12-21-18)23-13-5-2-6-14-23/h3-4,7-8,10,12,15H,2,5-6,9,11,13-14H2,1H3,(H,22,24). The smallest absolute Gasteiger partial charge is 0.269 e. The normalized spacial score (nSPS) is 14.2. The zero-order chi connectivity index (χ0) is 17.5. The summed E-state index contributed by atoms with van der Waals surface area (Å²) in [7, 11) is 1.66. The van der Waals surface area contributed by atoms with Crippen molar-refractivity contribution in [1.29, 1.82) is 0 Å². The molecular weight excluding hydrogens is 314 g/mol. The predicted octanol–water partition coefficient (Wildman–Crippen LogP) is 3.05. The average Bonchev–Trinajstić information content (AvgIpc) is 2.69. The van der Waals surface area contributed by atoms with Crippen LogP contribution >= 0.6 is 0 Å². The Bertz CT molecular complexity index is 712. The summed E-state index contributed by atoms with van der Waals surface area (Å²) < 4.78 is 5.34. The summed E-state index contributed by atoms with van der Waals surface area (Å²) in [6.07, 6.45) is 6.16. The Morgan fingerprint density at radius 3 is 2.80 bits per heavy atom. The third-order valence-electron chi connectivity index (χ3n) is 4.57. The van der Waals surface area contributed by atoms with Gasteiger partial charge in [-0.1, -0.05) is 18.2 Å². The number of benzene rings is 1. The van der Waals surface area contributed by atoms with Gasteiger partial charge in [0.2, 0.25) is 0 Å². The summed E-state index contributed by atoms with van der Waals surface area (Å²) in [5, 5.41) is 2.95. The largest absolute Gasteiger partial charge is 0.496 e. The average molecular weight is 339 g/mol. The monoisotopic (exact) mass is 339 g/mol. The molecule has 0 saturated carbocycles. The van der Waals surface area contributed by atoms with Crippen LogP contribution in [0.5, 0.6) is 5.75 Å². The van der Waals surface area contributed by atoms with Gasteiger partial charge in [0.25, 0.3) is 5.91 Å². The molecule has 2 heterocycles. The predicted molar refractivity (Wildman–Crippen MR) is 99.3 cm³/mol. The van der Waals surface area contributed by atoms with Crippen molar-refractivity contribution in [1.82, 2.24) is 10.3 Å². The van der Waals surface area contributed by atoms with Crippen molar-refractivity contribution in [2.75, 3.05) is 31.6 Å². The molecule has 1 aromatic carbocycles. The lowest BCUT2D eigenvalue weighted by atomic mass is 10.1. The number of piperidine rings is 1. The van der Waals surface area contributed by atoms with Crippen molar-refractivity contribution in [2.45, 2.75) is 25.7 Å². The van der Waals surface area contributed by atoms with Gasteiger partial charge in [-0.05, 0) is 49.4 Å². The van der Waals surface area contributed by atoms with E-state index in [1.807, 2.05) is 36.4 Å². The van der Waals surface area contributed by atoms with Crippen LogP contribution in [0.15, 0.2) is 42.6 Å². The van der Waals surface area contributed by atoms with Crippen LogP contribution in [0.4, 0.5) is 5.69 Å². The van der Waals surface area contributed by atoms with E-state index in [1.54, 1.807) is 13.3 Å². The maximum absolute atomic E-state index is 12.4. The lowest BCUT2D eigenvalue weighted by Crippen LogP contribution is -2.30. The molecule has 3 rings (SSSR count). The van der Waals surface area contributed by atoms with Crippen LogP contribution in [0, 0.1) is 0 Å². The van der Waals surface area contributed by atoms with E-state index in [9.17, 15) is 4.79 Å². The highest BCUT2D eigenvalue weighted by molar-refractivity contribution is 5.93. The van der Waals surface area contributed by atoms with Crippen LogP contribution < -0.4 is 15.0 Å². The number of pyridine rings is 1. The molecule has 0 aliphatic carbocycles. The number of ether oxygens (including phenoxy) is 1. The molecule has 1 N–H and O–H groups in total. The van der Waals surface area contributed by atoms with Crippen LogP contribution in [0.25, 0.3) is 0 Å². The van der Waals surface area contributed by atoms with E-state index >= 15 is 0 Å². The highest BCUT2D eigenvalue weighted by atomic mass is 16.5. The van der Waals surface area contributed by atoms with E-state index in [2.05, 4.69) is 15.2 Å². The number of carbonyl (C=O) groups excluding carboxylic acids is 1. The number of nitrogens with one attached hydrogen (secondary N) is 1. The Hall–Kier alpha value is -2.56. The summed E-state index contributed by atoms with van der Waals surface area (Å²) in [6.45, 7) is 2.66. The van der Waals surface area contributed by atoms with Crippen molar-refractivity contribution in [3.8, 4) is 5.75 Å². The van der Waals surface area contributed by atoms with Crippen LogP contribution in [0.1, 0.15) is 35.3 Å². The summed E-state index contributed by atoms with van der Waals surface area (Å²) in [5.41, 5.74) is 2.65. The van der Waals surface area contributed by atoms with Gasteiger partial charge in [0.1, 0.15) is 11.4 Å².